The number of unbranched alkanes of at least 4 members (excludes halogenated alkanes) is 2. The predicted molar refractivity (Wildman–Crippen MR) is 121 cm³/mol. The van der Waals surface area contributed by atoms with Crippen molar-refractivity contribution >= 4 is 28.9 Å². The molecule has 1 atom stereocenters. The maximum atomic E-state index is 13.0. The monoisotopic (exact) mass is 409 g/mol. The van der Waals surface area contributed by atoms with Crippen molar-refractivity contribution in [2.24, 2.45) is 0 Å². The first-order chi connectivity index (χ1) is 14.1. The molecule has 2 aromatic rings. The third-order valence-corrected chi connectivity index (χ3v) is 5.00. The van der Waals surface area contributed by atoms with Gasteiger partial charge in [0.05, 0.1) is 18.2 Å². The van der Waals surface area contributed by atoms with Crippen LogP contribution >= 0.6 is 12.2 Å². The minimum atomic E-state index is -0.332. The molecule has 0 bridgehead atoms. The topological polar surface area (TPSA) is 62.4 Å². The normalized spacial score (nSPS) is 16.1. The van der Waals surface area contributed by atoms with Gasteiger partial charge in [-0.2, -0.15) is 0 Å². The van der Waals surface area contributed by atoms with E-state index in [0.717, 1.165) is 29.1 Å². The van der Waals surface area contributed by atoms with E-state index in [0.29, 0.717) is 17.3 Å². The van der Waals surface area contributed by atoms with Crippen molar-refractivity contribution in [3.63, 3.8) is 0 Å². The van der Waals surface area contributed by atoms with Crippen LogP contribution in [0.4, 0.5) is 5.69 Å². The number of allylic oxidation sites excluding steroid dienone is 1. The Kier molecular flexibility index (Phi) is 7.25. The largest absolute Gasteiger partial charge is 0.494 e. The number of para-hydroxylation sites is 1. The van der Waals surface area contributed by atoms with Gasteiger partial charge in [-0.3, -0.25) is 4.79 Å². The Labute approximate surface area is 177 Å². The molecule has 1 heterocycles. The van der Waals surface area contributed by atoms with Crippen LogP contribution in [0.5, 0.6) is 5.75 Å². The molecule has 1 aliphatic rings. The molecule has 29 heavy (non-hydrogen) atoms. The summed E-state index contributed by atoms with van der Waals surface area (Å²) in [7, 11) is 0. The number of hydrogen-bond donors (Lipinski definition) is 3. The second kappa shape index (κ2) is 10.1. The van der Waals surface area contributed by atoms with Crippen LogP contribution in [-0.4, -0.2) is 17.6 Å². The minimum Gasteiger partial charge on any atom is -0.494 e. The minimum absolute atomic E-state index is 0.166. The highest BCUT2D eigenvalue weighted by Crippen LogP contribution is 2.29. The molecule has 5 nitrogen and oxygen atoms in total. The van der Waals surface area contributed by atoms with Gasteiger partial charge in [-0.25, -0.2) is 0 Å². The maximum absolute atomic E-state index is 13.0. The molecule has 0 radical (unpaired) electrons. The van der Waals surface area contributed by atoms with E-state index < -0.39 is 0 Å². The Morgan fingerprint density at radius 3 is 2.52 bits per heavy atom. The average molecular weight is 410 g/mol. The zero-order valence-electron chi connectivity index (χ0n) is 16.8. The lowest BCUT2D eigenvalue weighted by Gasteiger charge is -2.30. The number of thiocarbonyl (C=S) groups is 1. The molecule has 0 aromatic heterocycles. The van der Waals surface area contributed by atoms with E-state index in [2.05, 4.69) is 22.9 Å². The van der Waals surface area contributed by atoms with Gasteiger partial charge in [0.15, 0.2) is 5.11 Å². The molecule has 3 N–H and O–H groups in total. The van der Waals surface area contributed by atoms with Gasteiger partial charge in [-0.15, -0.1) is 0 Å². The van der Waals surface area contributed by atoms with Gasteiger partial charge < -0.3 is 20.7 Å². The Balaban J connectivity index is 1.77. The molecule has 0 fully saturated rings. The van der Waals surface area contributed by atoms with Gasteiger partial charge in [-0.05, 0) is 55.4 Å². The second-order valence-corrected chi connectivity index (χ2v) is 7.42. The van der Waals surface area contributed by atoms with Crippen LogP contribution in [0.1, 0.15) is 44.7 Å². The molecule has 0 saturated carbocycles. The molecule has 3 rings (SSSR count). The lowest BCUT2D eigenvalue weighted by molar-refractivity contribution is -0.113. The third kappa shape index (κ3) is 5.57. The Hall–Kier alpha value is -2.86. The summed E-state index contributed by atoms with van der Waals surface area (Å²) in [6.07, 6.45) is 3.38. The fraction of sp³-hybridized carbons (Fsp3) is 0.304. The molecular formula is C23H27N3O2S. The van der Waals surface area contributed by atoms with E-state index in [1.807, 2.05) is 61.5 Å². The smallest absolute Gasteiger partial charge is 0.255 e. The van der Waals surface area contributed by atoms with Gasteiger partial charge >= 0.3 is 0 Å². The van der Waals surface area contributed by atoms with E-state index >= 15 is 0 Å². The zero-order valence-corrected chi connectivity index (χ0v) is 17.6. The van der Waals surface area contributed by atoms with Crippen LogP contribution < -0.4 is 20.7 Å². The number of anilines is 1. The van der Waals surface area contributed by atoms with Crippen LogP contribution in [0, 0.1) is 0 Å². The van der Waals surface area contributed by atoms with Crippen LogP contribution in [0.2, 0.25) is 0 Å². The first kappa shape index (κ1) is 20.9. The first-order valence-corrected chi connectivity index (χ1v) is 10.4. The number of rotatable bonds is 8. The predicted octanol–water partition coefficient (Wildman–Crippen LogP) is 4.69. The van der Waals surface area contributed by atoms with Crippen molar-refractivity contribution in [3.8, 4) is 5.75 Å². The number of hydrogen-bond acceptors (Lipinski definition) is 3. The summed E-state index contributed by atoms with van der Waals surface area (Å²) in [5, 5.41) is 9.75. The molecule has 2 aromatic carbocycles. The lowest BCUT2D eigenvalue weighted by Crippen LogP contribution is -2.45. The average Bonchev–Trinajstić information content (AvgIpc) is 2.72. The van der Waals surface area contributed by atoms with Crippen LogP contribution in [-0.2, 0) is 4.79 Å². The van der Waals surface area contributed by atoms with Crippen molar-refractivity contribution in [2.45, 2.75) is 39.2 Å². The van der Waals surface area contributed by atoms with Crippen molar-refractivity contribution in [1.82, 2.24) is 10.6 Å². The molecule has 6 heteroatoms. The molecule has 1 aliphatic heterocycles. The molecular weight excluding hydrogens is 382 g/mol. The Bertz CT molecular complexity index is 879. The number of ether oxygens (including phenoxy) is 1. The highest BCUT2D eigenvalue weighted by atomic mass is 32.1. The van der Waals surface area contributed by atoms with E-state index in [4.69, 9.17) is 17.0 Å². The van der Waals surface area contributed by atoms with E-state index in [1.165, 1.54) is 12.8 Å². The third-order valence-electron chi connectivity index (χ3n) is 4.78. The highest BCUT2D eigenvalue weighted by molar-refractivity contribution is 7.80. The molecule has 152 valence electrons. The number of carbonyl (C=O) groups is 1. The molecule has 0 spiro atoms. The Morgan fingerprint density at radius 1 is 1.10 bits per heavy atom. The van der Waals surface area contributed by atoms with Gasteiger partial charge in [-0.1, -0.05) is 50.1 Å². The van der Waals surface area contributed by atoms with Crippen molar-refractivity contribution in [1.29, 1.82) is 0 Å². The Morgan fingerprint density at radius 2 is 1.83 bits per heavy atom. The molecule has 0 unspecified atom stereocenters. The van der Waals surface area contributed by atoms with Crippen molar-refractivity contribution in [3.05, 3.63) is 71.4 Å². The van der Waals surface area contributed by atoms with Gasteiger partial charge in [0, 0.05) is 11.4 Å². The number of nitrogens with one attached hydrogen (secondary N) is 3. The van der Waals surface area contributed by atoms with E-state index in [1.54, 1.807) is 0 Å². The summed E-state index contributed by atoms with van der Waals surface area (Å²) in [6.45, 7) is 4.75. The summed E-state index contributed by atoms with van der Waals surface area (Å²) in [5.41, 5.74) is 3.05. The summed E-state index contributed by atoms with van der Waals surface area (Å²) in [5.74, 6) is 0.665. The molecule has 0 saturated heterocycles. The first-order valence-electron chi connectivity index (χ1n) is 9.96. The summed E-state index contributed by atoms with van der Waals surface area (Å²) >= 11 is 5.32. The van der Waals surface area contributed by atoms with Gasteiger partial charge in [0.25, 0.3) is 5.91 Å². The summed E-state index contributed by atoms with van der Waals surface area (Å²) in [6, 6.07) is 16.9. The summed E-state index contributed by atoms with van der Waals surface area (Å²) < 4.78 is 5.80. The fourth-order valence-electron chi connectivity index (χ4n) is 3.26. The van der Waals surface area contributed by atoms with Crippen LogP contribution in [0.25, 0.3) is 0 Å². The standard InChI is InChI=1S/C23H27N3O2S/c1-3-4-8-15-28-19-13-11-17(12-14-19)21-20(16(2)24-23(29)26-21)22(27)25-18-9-6-5-7-10-18/h5-7,9-14,21H,3-4,8,15H2,1-2H3,(H,25,27)(H2,24,26,29)/t21-/m0/s1. The second-order valence-electron chi connectivity index (χ2n) is 7.01. The highest BCUT2D eigenvalue weighted by Gasteiger charge is 2.29. The number of amides is 1. The summed E-state index contributed by atoms with van der Waals surface area (Å²) in [4.78, 5) is 13.0. The van der Waals surface area contributed by atoms with Crippen molar-refractivity contribution in [2.75, 3.05) is 11.9 Å². The fourth-order valence-corrected chi connectivity index (χ4v) is 3.53. The SMILES string of the molecule is CCCCCOc1ccc([C@@H]2NC(=S)NC(C)=C2C(=O)Nc2ccccc2)cc1. The van der Waals surface area contributed by atoms with Gasteiger partial charge in [0.1, 0.15) is 5.75 Å². The lowest BCUT2D eigenvalue weighted by atomic mass is 9.95. The number of carbonyl (C=O) groups excluding carboxylic acids is 1. The van der Waals surface area contributed by atoms with Crippen LogP contribution in [0.15, 0.2) is 65.9 Å². The van der Waals surface area contributed by atoms with E-state index in [-0.39, 0.29) is 11.9 Å². The van der Waals surface area contributed by atoms with Crippen molar-refractivity contribution < 1.29 is 9.53 Å². The molecule has 1 amide bonds. The van der Waals surface area contributed by atoms with Crippen LogP contribution in [0.3, 0.4) is 0 Å². The van der Waals surface area contributed by atoms with Gasteiger partial charge in [0.2, 0.25) is 0 Å². The number of benzene rings is 2. The quantitative estimate of drug-likeness (QED) is 0.436. The van der Waals surface area contributed by atoms with E-state index in [9.17, 15) is 4.79 Å². The molecule has 0 aliphatic carbocycles. The zero-order chi connectivity index (χ0) is 20.6. The maximum Gasteiger partial charge on any atom is 0.255 e.